The number of hydrogen-bond acceptors (Lipinski definition) is 3. The molecule has 84 valence electrons. The minimum absolute atomic E-state index is 0.0185. The summed E-state index contributed by atoms with van der Waals surface area (Å²) in [7, 11) is 0. The molecule has 0 saturated heterocycles. The van der Waals surface area contributed by atoms with Crippen LogP contribution in [0.2, 0.25) is 0 Å². The molecule has 15 heavy (non-hydrogen) atoms. The number of carbonyl (C=O) groups is 3. The molecule has 0 heterocycles. The van der Waals surface area contributed by atoms with Gasteiger partial charge in [-0.15, -0.1) is 0 Å². The van der Waals surface area contributed by atoms with E-state index >= 15 is 0 Å². The van der Waals surface area contributed by atoms with Gasteiger partial charge in [-0.25, -0.2) is 0 Å². The molecule has 0 rings (SSSR count). The fourth-order valence-electron chi connectivity index (χ4n) is 0. The van der Waals surface area contributed by atoms with Crippen molar-refractivity contribution >= 4 is 17.3 Å². The van der Waals surface area contributed by atoms with Gasteiger partial charge in [-0.2, -0.15) is 0 Å². The fourth-order valence-corrected chi connectivity index (χ4v) is 0. The summed E-state index contributed by atoms with van der Waals surface area (Å²) in [4.78, 5) is 29.1. The largest absolute Gasteiger partial charge is 0.295 e. The van der Waals surface area contributed by atoms with Gasteiger partial charge in [0, 0.05) is 0 Å². The van der Waals surface area contributed by atoms with Crippen LogP contribution in [0.25, 0.3) is 0 Å². The molecule has 0 amide bonds. The average molecular weight is 210 g/mol. The number of carbonyl (C=O) groups excluding carboxylic acids is 3. The second kappa shape index (κ2) is 14.7. The summed E-state index contributed by atoms with van der Waals surface area (Å²) >= 11 is 0. The summed E-state index contributed by atoms with van der Waals surface area (Å²) in [6, 6.07) is 0. The Morgan fingerprint density at radius 2 is 0.733 bits per heavy atom. The Bertz CT molecular complexity index is 207. The predicted molar refractivity (Wildman–Crippen MR) is 62.6 cm³/mol. The molecule has 0 saturated carbocycles. The summed E-state index contributed by atoms with van der Waals surface area (Å²) in [5.74, 6) is 0.0556. The van der Waals surface area contributed by atoms with Gasteiger partial charge in [0.15, 0.2) is 17.3 Å². The zero-order chi connectivity index (χ0) is 12.9. The normalized spacial score (nSPS) is 6.60. The van der Waals surface area contributed by atoms with Crippen LogP contribution in [0.15, 0.2) is 38.0 Å². The van der Waals surface area contributed by atoms with Gasteiger partial charge < -0.3 is 0 Å². The number of hydrogen-bond donors (Lipinski definition) is 0. The molecule has 0 bridgehead atoms. The molecule has 0 aliphatic rings. The molecule has 0 aromatic heterocycles. The first kappa shape index (κ1) is 18.9. The zero-order valence-electron chi connectivity index (χ0n) is 9.58. The smallest absolute Gasteiger partial charge is 0.152 e. The monoisotopic (exact) mass is 210 g/mol. The first-order chi connectivity index (χ1) is 6.81. The first-order valence-corrected chi connectivity index (χ1v) is 4.20. The highest BCUT2D eigenvalue weighted by molar-refractivity contribution is 5.87. The molecule has 0 atom stereocenters. The molecule has 0 fully saturated rings. The molecule has 0 N–H and O–H groups in total. The first-order valence-electron chi connectivity index (χ1n) is 4.20. The van der Waals surface area contributed by atoms with E-state index in [0.29, 0.717) is 0 Å². The van der Waals surface area contributed by atoms with Crippen molar-refractivity contribution in [1.82, 2.24) is 0 Å². The molecule has 0 aliphatic heterocycles. The Kier molecular flexibility index (Phi) is 18.6. The third kappa shape index (κ3) is 71.5. The molecule has 0 aromatic rings. The molecular weight excluding hydrogens is 192 g/mol. The standard InChI is InChI=1S/3C4H6O/c3*1-3-4(2)5/h3*3H,1H2,2H3. The van der Waals surface area contributed by atoms with Gasteiger partial charge in [-0.05, 0) is 39.0 Å². The lowest BCUT2D eigenvalue weighted by Gasteiger charge is -1.62. The van der Waals surface area contributed by atoms with Gasteiger partial charge in [0.25, 0.3) is 0 Å². The molecular formula is C12H18O3. The minimum Gasteiger partial charge on any atom is -0.295 e. The minimum atomic E-state index is 0.0185. The van der Waals surface area contributed by atoms with E-state index < -0.39 is 0 Å². The van der Waals surface area contributed by atoms with E-state index in [1.54, 1.807) is 0 Å². The highest BCUT2D eigenvalue weighted by atomic mass is 16.1. The van der Waals surface area contributed by atoms with Crippen molar-refractivity contribution in [2.45, 2.75) is 20.8 Å². The summed E-state index contributed by atoms with van der Waals surface area (Å²) < 4.78 is 0. The quantitative estimate of drug-likeness (QED) is 0.671. The Balaban J connectivity index is -0.000000144. The number of ketones is 3. The highest BCUT2D eigenvalue weighted by Crippen LogP contribution is 1.61. The lowest BCUT2D eigenvalue weighted by molar-refractivity contribution is -0.113. The van der Waals surface area contributed by atoms with Crippen molar-refractivity contribution in [2.24, 2.45) is 0 Å². The molecule has 0 spiro atoms. The second-order valence-corrected chi connectivity index (χ2v) is 2.44. The van der Waals surface area contributed by atoms with Crippen LogP contribution >= 0.6 is 0 Å². The van der Waals surface area contributed by atoms with E-state index in [4.69, 9.17) is 0 Å². The maximum absolute atomic E-state index is 9.69. The van der Waals surface area contributed by atoms with Crippen molar-refractivity contribution in [3.63, 3.8) is 0 Å². The van der Waals surface area contributed by atoms with E-state index in [-0.39, 0.29) is 17.3 Å². The molecule has 3 heteroatoms. The lowest BCUT2D eigenvalue weighted by Crippen LogP contribution is -1.74. The molecule has 0 aromatic carbocycles. The van der Waals surface area contributed by atoms with Gasteiger partial charge >= 0.3 is 0 Å². The fraction of sp³-hybridized carbons (Fsp3) is 0.250. The average Bonchev–Trinajstić information content (AvgIpc) is 2.19. The Morgan fingerprint density at radius 1 is 0.667 bits per heavy atom. The van der Waals surface area contributed by atoms with Gasteiger partial charge in [0.2, 0.25) is 0 Å². The SMILES string of the molecule is C=CC(C)=O.C=CC(C)=O.C=CC(C)=O. The molecule has 0 unspecified atom stereocenters. The van der Waals surface area contributed by atoms with Crippen molar-refractivity contribution in [2.75, 3.05) is 0 Å². The number of rotatable bonds is 3. The molecule has 3 nitrogen and oxygen atoms in total. The van der Waals surface area contributed by atoms with Crippen molar-refractivity contribution in [3.8, 4) is 0 Å². The van der Waals surface area contributed by atoms with E-state index in [1.807, 2.05) is 0 Å². The summed E-state index contributed by atoms with van der Waals surface area (Å²) in [6.07, 6.45) is 3.83. The predicted octanol–water partition coefficient (Wildman–Crippen LogP) is 2.28. The highest BCUT2D eigenvalue weighted by Gasteiger charge is 1.70. The van der Waals surface area contributed by atoms with Crippen molar-refractivity contribution in [3.05, 3.63) is 38.0 Å². The van der Waals surface area contributed by atoms with Crippen LogP contribution < -0.4 is 0 Å². The summed E-state index contributed by atoms with van der Waals surface area (Å²) in [5, 5.41) is 0. The van der Waals surface area contributed by atoms with Gasteiger partial charge in [0.1, 0.15) is 0 Å². The maximum atomic E-state index is 9.69. The van der Waals surface area contributed by atoms with Crippen LogP contribution in [0.5, 0.6) is 0 Å². The summed E-state index contributed by atoms with van der Waals surface area (Å²) in [5.41, 5.74) is 0. The number of allylic oxidation sites excluding steroid dienone is 3. The van der Waals surface area contributed by atoms with E-state index in [1.165, 1.54) is 39.0 Å². The van der Waals surface area contributed by atoms with Crippen LogP contribution in [0.3, 0.4) is 0 Å². The van der Waals surface area contributed by atoms with E-state index in [0.717, 1.165) is 0 Å². The third-order valence-corrected chi connectivity index (χ3v) is 0.862. The molecule has 0 aliphatic carbocycles. The Labute approximate surface area is 91.2 Å². The van der Waals surface area contributed by atoms with E-state index in [2.05, 4.69) is 19.7 Å². The van der Waals surface area contributed by atoms with Crippen LogP contribution in [0.4, 0.5) is 0 Å². The van der Waals surface area contributed by atoms with Crippen molar-refractivity contribution < 1.29 is 14.4 Å². The molecule has 0 radical (unpaired) electrons. The third-order valence-electron chi connectivity index (χ3n) is 0.862. The van der Waals surface area contributed by atoms with Gasteiger partial charge in [-0.1, -0.05) is 19.7 Å². The second-order valence-electron chi connectivity index (χ2n) is 2.44. The van der Waals surface area contributed by atoms with Crippen LogP contribution in [-0.4, -0.2) is 17.3 Å². The topological polar surface area (TPSA) is 51.2 Å². The maximum Gasteiger partial charge on any atom is 0.152 e. The van der Waals surface area contributed by atoms with Crippen LogP contribution in [0.1, 0.15) is 20.8 Å². The zero-order valence-corrected chi connectivity index (χ0v) is 9.58. The van der Waals surface area contributed by atoms with Gasteiger partial charge in [0.05, 0.1) is 0 Å². The lowest BCUT2D eigenvalue weighted by atomic mass is 10.5. The van der Waals surface area contributed by atoms with Crippen molar-refractivity contribution in [1.29, 1.82) is 0 Å². The van der Waals surface area contributed by atoms with Crippen LogP contribution in [0, 0.1) is 0 Å². The van der Waals surface area contributed by atoms with E-state index in [9.17, 15) is 14.4 Å². The summed E-state index contributed by atoms with van der Waals surface area (Å²) in [6.45, 7) is 14.0. The van der Waals surface area contributed by atoms with Crippen LogP contribution in [-0.2, 0) is 14.4 Å². The Hall–Kier alpha value is -1.77. The van der Waals surface area contributed by atoms with Gasteiger partial charge in [-0.3, -0.25) is 14.4 Å². The Morgan fingerprint density at radius 3 is 0.733 bits per heavy atom.